The maximum atomic E-state index is 12.0. The molecule has 1 aliphatic heterocycles. The quantitative estimate of drug-likeness (QED) is 0.694. The van der Waals surface area contributed by atoms with Gasteiger partial charge in [-0.15, -0.1) is 12.4 Å². The van der Waals surface area contributed by atoms with Crippen LogP contribution in [0.4, 0.5) is 5.69 Å². The van der Waals surface area contributed by atoms with Crippen molar-refractivity contribution in [3.8, 4) is 0 Å². The van der Waals surface area contributed by atoms with E-state index < -0.39 is 0 Å². The number of hydrogen-bond acceptors (Lipinski definition) is 3. The van der Waals surface area contributed by atoms with Crippen LogP contribution < -0.4 is 16.0 Å². The van der Waals surface area contributed by atoms with Crippen molar-refractivity contribution in [2.75, 3.05) is 25.0 Å². The summed E-state index contributed by atoms with van der Waals surface area (Å²) < 4.78 is 0. The number of carbonyl (C=O) groups is 2. The molecule has 6 heteroatoms. The molecule has 1 unspecified atom stereocenters. The van der Waals surface area contributed by atoms with E-state index in [9.17, 15) is 9.59 Å². The van der Waals surface area contributed by atoms with Crippen molar-refractivity contribution in [3.05, 3.63) is 29.8 Å². The molecule has 1 saturated heterocycles. The number of anilines is 1. The van der Waals surface area contributed by atoms with Crippen molar-refractivity contribution >= 4 is 29.9 Å². The maximum Gasteiger partial charge on any atom is 0.243 e. The first-order valence-corrected chi connectivity index (χ1v) is 8.94. The highest BCUT2D eigenvalue weighted by Crippen LogP contribution is 2.24. The van der Waals surface area contributed by atoms with Crippen LogP contribution in [0.5, 0.6) is 0 Å². The molecule has 0 aromatic heterocycles. The van der Waals surface area contributed by atoms with Crippen LogP contribution in [0.15, 0.2) is 24.3 Å². The van der Waals surface area contributed by atoms with Crippen LogP contribution in [0, 0.1) is 11.8 Å². The molecular weight excluding hydrogens is 338 g/mol. The topological polar surface area (TPSA) is 70.2 Å². The molecule has 1 aromatic carbocycles. The van der Waals surface area contributed by atoms with Gasteiger partial charge in [-0.25, -0.2) is 0 Å². The Hall–Kier alpha value is -1.59. The van der Waals surface area contributed by atoms with E-state index in [4.69, 9.17) is 0 Å². The van der Waals surface area contributed by atoms with E-state index in [0.717, 1.165) is 38.0 Å². The first-order valence-electron chi connectivity index (χ1n) is 8.94. The first-order chi connectivity index (χ1) is 11.6. The molecule has 0 saturated carbocycles. The molecule has 1 aromatic rings. The van der Waals surface area contributed by atoms with E-state index in [1.807, 2.05) is 24.3 Å². The summed E-state index contributed by atoms with van der Waals surface area (Å²) in [7, 11) is 0. The van der Waals surface area contributed by atoms with Crippen LogP contribution >= 0.6 is 12.4 Å². The van der Waals surface area contributed by atoms with E-state index >= 15 is 0 Å². The van der Waals surface area contributed by atoms with Gasteiger partial charge in [-0.1, -0.05) is 26.0 Å². The van der Waals surface area contributed by atoms with Gasteiger partial charge in [-0.2, -0.15) is 0 Å². The van der Waals surface area contributed by atoms with Crippen LogP contribution in [0.3, 0.4) is 0 Å². The number of rotatable bonds is 7. The molecule has 2 amide bonds. The molecule has 0 radical (unpaired) electrons. The van der Waals surface area contributed by atoms with Crippen molar-refractivity contribution in [1.82, 2.24) is 10.6 Å². The number of benzene rings is 1. The van der Waals surface area contributed by atoms with Crippen LogP contribution in [0.25, 0.3) is 0 Å². The van der Waals surface area contributed by atoms with Crippen molar-refractivity contribution in [3.63, 3.8) is 0 Å². The maximum absolute atomic E-state index is 12.0. The van der Waals surface area contributed by atoms with Gasteiger partial charge in [0.15, 0.2) is 0 Å². The molecule has 0 spiro atoms. The zero-order valence-corrected chi connectivity index (χ0v) is 16.0. The molecule has 1 atom stereocenters. The molecule has 140 valence electrons. The van der Waals surface area contributed by atoms with E-state index in [1.54, 1.807) is 0 Å². The van der Waals surface area contributed by atoms with Crippen LogP contribution in [0.2, 0.25) is 0 Å². The predicted molar refractivity (Wildman–Crippen MR) is 104 cm³/mol. The Morgan fingerprint density at radius 1 is 1.24 bits per heavy atom. The highest BCUT2D eigenvalue weighted by atomic mass is 35.5. The van der Waals surface area contributed by atoms with Crippen molar-refractivity contribution in [2.45, 2.75) is 39.5 Å². The van der Waals surface area contributed by atoms with E-state index in [1.165, 1.54) is 5.56 Å². The highest BCUT2D eigenvalue weighted by molar-refractivity contribution is 5.94. The molecular formula is C19H30ClN3O2. The van der Waals surface area contributed by atoms with Crippen molar-refractivity contribution < 1.29 is 9.59 Å². The Morgan fingerprint density at radius 2 is 1.96 bits per heavy atom. The second-order valence-corrected chi connectivity index (χ2v) is 6.65. The third kappa shape index (κ3) is 7.45. The average molecular weight is 368 g/mol. The van der Waals surface area contributed by atoms with Gasteiger partial charge in [-0.05, 0) is 61.9 Å². The van der Waals surface area contributed by atoms with Crippen molar-refractivity contribution in [2.24, 2.45) is 11.8 Å². The third-order valence-electron chi connectivity index (χ3n) is 4.76. The summed E-state index contributed by atoms with van der Waals surface area (Å²) in [5.41, 5.74) is 1.95. The Morgan fingerprint density at radius 3 is 2.64 bits per heavy atom. The third-order valence-corrected chi connectivity index (χ3v) is 4.76. The molecule has 1 aliphatic rings. The van der Waals surface area contributed by atoms with Gasteiger partial charge < -0.3 is 16.0 Å². The normalized spacial score (nSPS) is 15.8. The Kier molecular flexibility index (Phi) is 9.53. The summed E-state index contributed by atoms with van der Waals surface area (Å²) in [6.07, 6.45) is 3.67. The largest absolute Gasteiger partial charge is 0.347 e. The predicted octanol–water partition coefficient (Wildman–Crippen LogP) is 2.75. The summed E-state index contributed by atoms with van der Waals surface area (Å²) in [4.78, 5) is 24.0. The van der Waals surface area contributed by atoms with Crippen molar-refractivity contribution in [1.29, 1.82) is 0 Å². The van der Waals surface area contributed by atoms with Gasteiger partial charge in [0.25, 0.3) is 0 Å². The summed E-state index contributed by atoms with van der Waals surface area (Å²) in [5, 5.41) is 8.90. The average Bonchev–Trinajstić information content (AvgIpc) is 2.61. The minimum Gasteiger partial charge on any atom is -0.347 e. The summed E-state index contributed by atoms with van der Waals surface area (Å²) >= 11 is 0. The molecule has 0 aliphatic carbocycles. The van der Waals surface area contributed by atoms with Gasteiger partial charge >= 0.3 is 0 Å². The van der Waals surface area contributed by atoms with Crippen LogP contribution in [0.1, 0.15) is 38.7 Å². The fourth-order valence-electron chi connectivity index (χ4n) is 3.20. The minimum absolute atomic E-state index is 0. The van der Waals surface area contributed by atoms with Gasteiger partial charge in [-0.3, -0.25) is 9.59 Å². The zero-order chi connectivity index (χ0) is 17.4. The molecule has 2 rings (SSSR count). The Bertz CT molecular complexity index is 559. The number of piperidine rings is 1. The lowest BCUT2D eigenvalue weighted by atomic mass is 9.84. The van der Waals surface area contributed by atoms with Gasteiger partial charge in [0.05, 0.1) is 6.54 Å². The number of carbonyl (C=O) groups excluding carboxylic acids is 2. The number of halogens is 1. The Labute approximate surface area is 156 Å². The zero-order valence-electron chi connectivity index (χ0n) is 15.1. The fourth-order valence-corrected chi connectivity index (χ4v) is 3.20. The molecule has 1 heterocycles. The minimum atomic E-state index is -0.189. The molecule has 3 N–H and O–H groups in total. The number of aryl methyl sites for hydroxylation is 1. The first kappa shape index (κ1) is 21.5. The smallest absolute Gasteiger partial charge is 0.243 e. The molecule has 5 nitrogen and oxygen atoms in total. The van der Waals surface area contributed by atoms with E-state index in [2.05, 4.69) is 29.8 Å². The van der Waals surface area contributed by atoms with Gasteiger partial charge in [0.2, 0.25) is 11.8 Å². The molecule has 0 bridgehead atoms. The number of amides is 2. The van der Waals surface area contributed by atoms with E-state index in [-0.39, 0.29) is 30.8 Å². The summed E-state index contributed by atoms with van der Waals surface area (Å²) in [5.74, 6) is 0.726. The van der Waals surface area contributed by atoms with Crippen LogP contribution in [-0.4, -0.2) is 31.4 Å². The van der Waals surface area contributed by atoms with E-state index in [0.29, 0.717) is 18.3 Å². The lowest BCUT2D eigenvalue weighted by Crippen LogP contribution is -2.36. The lowest BCUT2D eigenvalue weighted by Gasteiger charge is -2.27. The van der Waals surface area contributed by atoms with Gasteiger partial charge in [0, 0.05) is 12.1 Å². The molecule has 1 fully saturated rings. The summed E-state index contributed by atoms with van der Waals surface area (Å²) in [6.45, 7) is 6.30. The second kappa shape index (κ2) is 11.1. The standard InChI is InChI=1S/C19H29N3O2.ClH/c1-3-15-5-4-6-17(12-15)22-19(24)13-21-18(23)11-14(2)16-7-9-20-10-8-16;/h4-6,12,14,16,20H,3,7-11,13H2,1-2H3,(H,21,23)(H,22,24);1H. The molecule has 25 heavy (non-hydrogen) atoms. The number of nitrogens with one attached hydrogen (secondary N) is 3. The van der Waals surface area contributed by atoms with Crippen LogP contribution in [-0.2, 0) is 16.0 Å². The summed E-state index contributed by atoms with van der Waals surface area (Å²) in [6, 6.07) is 7.77. The Balaban J connectivity index is 0.00000312. The highest BCUT2D eigenvalue weighted by Gasteiger charge is 2.22. The SMILES string of the molecule is CCc1cccc(NC(=O)CNC(=O)CC(C)C2CCNCC2)c1.Cl. The fraction of sp³-hybridized carbons (Fsp3) is 0.579. The second-order valence-electron chi connectivity index (χ2n) is 6.65. The lowest BCUT2D eigenvalue weighted by molar-refractivity contribution is -0.125. The number of hydrogen-bond donors (Lipinski definition) is 3. The van der Waals surface area contributed by atoms with Gasteiger partial charge in [0.1, 0.15) is 0 Å². The monoisotopic (exact) mass is 367 g/mol.